The van der Waals surface area contributed by atoms with Gasteiger partial charge in [0.15, 0.2) is 0 Å². The fourth-order valence-electron chi connectivity index (χ4n) is 3.05. The van der Waals surface area contributed by atoms with E-state index in [9.17, 15) is 8.42 Å². The molecule has 0 atom stereocenters. The van der Waals surface area contributed by atoms with Crippen molar-refractivity contribution in [2.24, 2.45) is 0 Å². The van der Waals surface area contributed by atoms with Crippen molar-refractivity contribution in [2.45, 2.75) is 18.4 Å². The molecule has 0 unspecified atom stereocenters. The van der Waals surface area contributed by atoms with E-state index in [1.807, 2.05) is 31.1 Å². The van der Waals surface area contributed by atoms with Gasteiger partial charge in [-0.1, -0.05) is 24.3 Å². The summed E-state index contributed by atoms with van der Waals surface area (Å²) in [5, 5.41) is 0. The molecular formula is C19H26N4O2S. The second-order valence-electron chi connectivity index (χ2n) is 6.84. The van der Waals surface area contributed by atoms with Crippen LogP contribution in [0.1, 0.15) is 11.1 Å². The molecule has 1 aromatic carbocycles. The number of piperazine rings is 1. The number of benzene rings is 1. The van der Waals surface area contributed by atoms with Crippen molar-refractivity contribution >= 4 is 15.8 Å². The van der Waals surface area contributed by atoms with E-state index < -0.39 is 10.0 Å². The van der Waals surface area contributed by atoms with Crippen molar-refractivity contribution in [1.29, 1.82) is 0 Å². The Hall–Kier alpha value is -1.96. The SMILES string of the molecule is Cc1ccccc1CN(C)c1ccc(S(=O)(=O)N2CCN(C)CC2)cn1. The molecule has 0 N–H and O–H groups in total. The average Bonchev–Trinajstić information content (AvgIpc) is 2.64. The van der Waals surface area contributed by atoms with E-state index in [1.54, 1.807) is 16.4 Å². The Morgan fingerprint density at radius 1 is 1.08 bits per heavy atom. The number of aromatic nitrogens is 1. The fourth-order valence-corrected chi connectivity index (χ4v) is 4.42. The monoisotopic (exact) mass is 374 g/mol. The lowest BCUT2D eigenvalue weighted by Gasteiger charge is -2.31. The lowest BCUT2D eigenvalue weighted by Crippen LogP contribution is -2.47. The van der Waals surface area contributed by atoms with Crippen molar-refractivity contribution in [3.05, 3.63) is 53.7 Å². The number of rotatable bonds is 5. The molecule has 0 radical (unpaired) electrons. The minimum absolute atomic E-state index is 0.259. The molecule has 0 saturated carbocycles. The maximum atomic E-state index is 12.8. The first-order chi connectivity index (χ1) is 12.4. The summed E-state index contributed by atoms with van der Waals surface area (Å²) >= 11 is 0. The minimum atomic E-state index is -3.47. The Morgan fingerprint density at radius 3 is 2.38 bits per heavy atom. The highest BCUT2D eigenvalue weighted by atomic mass is 32.2. The predicted octanol–water partition coefficient (Wildman–Crippen LogP) is 1.96. The molecular weight excluding hydrogens is 348 g/mol. The van der Waals surface area contributed by atoms with Gasteiger partial charge in [0.2, 0.25) is 10.0 Å². The fraction of sp³-hybridized carbons (Fsp3) is 0.421. The quantitative estimate of drug-likeness (QED) is 0.801. The second kappa shape index (κ2) is 7.73. The highest BCUT2D eigenvalue weighted by Crippen LogP contribution is 2.20. The van der Waals surface area contributed by atoms with Crippen LogP contribution in [0, 0.1) is 6.92 Å². The molecule has 2 aromatic rings. The molecule has 26 heavy (non-hydrogen) atoms. The Bertz CT molecular complexity index is 844. The summed E-state index contributed by atoms with van der Waals surface area (Å²) in [6.07, 6.45) is 1.47. The van der Waals surface area contributed by atoms with Gasteiger partial charge >= 0.3 is 0 Å². The molecule has 0 bridgehead atoms. The summed E-state index contributed by atoms with van der Waals surface area (Å²) in [5.41, 5.74) is 2.46. The number of hydrogen-bond donors (Lipinski definition) is 0. The van der Waals surface area contributed by atoms with Crippen LogP contribution in [0.4, 0.5) is 5.82 Å². The Morgan fingerprint density at radius 2 is 1.77 bits per heavy atom. The smallest absolute Gasteiger partial charge is 0.244 e. The topological polar surface area (TPSA) is 56.8 Å². The molecule has 1 aliphatic rings. The van der Waals surface area contributed by atoms with Crippen LogP contribution >= 0.6 is 0 Å². The molecule has 0 amide bonds. The van der Waals surface area contributed by atoms with Gasteiger partial charge in [-0.15, -0.1) is 0 Å². The number of sulfonamides is 1. The summed E-state index contributed by atoms with van der Waals surface area (Å²) in [4.78, 5) is 8.80. The number of aryl methyl sites for hydroxylation is 1. The predicted molar refractivity (Wildman–Crippen MR) is 104 cm³/mol. The van der Waals surface area contributed by atoms with Crippen LogP contribution in [0.15, 0.2) is 47.5 Å². The van der Waals surface area contributed by atoms with Crippen LogP contribution in [0.25, 0.3) is 0 Å². The van der Waals surface area contributed by atoms with Crippen LogP contribution in [-0.2, 0) is 16.6 Å². The van der Waals surface area contributed by atoms with Gasteiger partial charge in [-0.05, 0) is 37.2 Å². The van der Waals surface area contributed by atoms with Crippen molar-refractivity contribution < 1.29 is 8.42 Å². The van der Waals surface area contributed by atoms with E-state index in [1.165, 1.54) is 17.3 Å². The van der Waals surface area contributed by atoms with Crippen LogP contribution in [0.3, 0.4) is 0 Å². The molecule has 2 heterocycles. The summed E-state index contributed by atoms with van der Waals surface area (Å²) in [7, 11) is 0.498. The zero-order valence-corrected chi connectivity index (χ0v) is 16.4. The van der Waals surface area contributed by atoms with Crippen LogP contribution < -0.4 is 4.90 Å². The average molecular weight is 375 g/mol. The minimum Gasteiger partial charge on any atom is -0.355 e. The molecule has 1 aliphatic heterocycles. The standard InChI is InChI=1S/C19H26N4O2S/c1-16-6-4-5-7-17(16)15-22(3)19-9-8-18(14-20-19)26(24,25)23-12-10-21(2)11-13-23/h4-9,14H,10-13,15H2,1-3H3. The van der Waals surface area contributed by atoms with Gasteiger partial charge in [-0.2, -0.15) is 4.31 Å². The number of pyridine rings is 1. The van der Waals surface area contributed by atoms with Gasteiger partial charge in [0.1, 0.15) is 10.7 Å². The second-order valence-corrected chi connectivity index (χ2v) is 8.78. The molecule has 3 rings (SSSR count). The molecule has 0 spiro atoms. The Labute approximate surface area is 156 Å². The summed E-state index contributed by atoms with van der Waals surface area (Å²) in [6, 6.07) is 11.7. The summed E-state index contributed by atoms with van der Waals surface area (Å²) < 4.78 is 27.1. The van der Waals surface area contributed by atoms with E-state index in [2.05, 4.69) is 28.9 Å². The first-order valence-corrected chi connectivity index (χ1v) is 10.2. The maximum absolute atomic E-state index is 12.8. The van der Waals surface area contributed by atoms with E-state index in [4.69, 9.17) is 0 Å². The third-order valence-electron chi connectivity index (χ3n) is 4.88. The number of hydrogen-bond acceptors (Lipinski definition) is 5. The van der Waals surface area contributed by atoms with Crippen molar-refractivity contribution in [1.82, 2.24) is 14.2 Å². The molecule has 0 aliphatic carbocycles. The molecule has 6 nitrogen and oxygen atoms in total. The van der Waals surface area contributed by atoms with E-state index in [0.29, 0.717) is 13.1 Å². The zero-order valence-electron chi connectivity index (χ0n) is 15.6. The highest BCUT2D eigenvalue weighted by Gasteiger charge is 2.27. The summed E-state index contributed by atoms with van der Waals surface area (Å²) in [5.74, 6) is 0.755. The van der Waals surface area contributed by atoms with Crippen molar-refractivity contribution in [3.63, 3.8) is 0 Å². The van der Waals surface area contributed by atoms with Crippen LogP contribution in [-0.4, -0.2) is 62.9 Å². The number of nitrogens with zero attached hydrogens (tertiary/aromatic N) is 4. The normalized spacial score (nSPS) is 16.6. The van der Waals surface area contributed by atoms with E-state index in [0.717, 1.165) is 25.5 Å². The largest absolute Gasteiger partial charge is 0.355 e. The molecule has 1 aromatic heterocycles. The zero-order chi connectivity index (χ0) is 18.7. The van der Waals surface area contributed by atoms with Gasteiger partial charge in [0.25, 0.3) is 0 Å². The van der Waals surface area contributed by atoms with E-state index in [-0.39, 0.29) is 4.90 Å². The van der Waals surface area contributed by atoms with Crippen LogP contribution in [0.2, 0.25) is 0 Å². The lowest BCUT2D eigenvalue weighted by molar-refractivity contribution is 0.222. The highest BCUT2D eigenvalue weighted by molar-refractivity contribution is 7.89. The van der Waals surface area contributed by atoms with Gasteiger partial charge < -0.3 is 9.80 Å². The lowest BCUT2D eigenvalue weighted by atomic mass is 10.1. The molecule has 140 valence electrons. The van der Waals surface area contributed by atoms with Gasteiger partial charge in [-0.25, -0.2) is 13.4 Å². The molecule has 1 fully saturated rings. The Balaban J connectivity index is 1.72. The number of anilines is 1. The van der Waals surface area contributed by atoms with Gasteiger partial charge in [-0.3, -0.25) is 0 Å². The first-order valence-electron chi connectivity index (χ1n) is 8.78. The van der Waals surface area contributed by atoms with Crippen LogP contribution in [0.5, 0.6) is 0 Å². The Kier molecular flexibility index (Phi) is 5.60. The maximum Gasteiger partial charge on any atom is 0.244 e. The third kappa shape index (κ3) is 4.06. The van der Waals surface area contributed by atoms with E-state index >= 15 is 0 Å². The summed E-state index contributed by atoms with van der Waals surface area (Å²) in [6.45, 7) is 5.36. The number of likely N-dealkylation sites (N-methyl/N-ethyl adjacent to an activating group) is 1. The van der Waals surface area contributed by atoms with Crippen molar-refractivity contribution in [3.8, 4) is 0 Å². The van der Waals surface area contributed by atoms with Gasteiger partial charge in [0, 0.05) is 46.0 Å². The molecule has 1 saturated heterocycles. The molecule has 7 heteroatoms. The third-order valence-corrected chi connectivity index (χ3v) is 6.76. The van der Waals surface area contributed by atoms with Crippen molar-refractivity contribution in [2.75, 3.05) is 45.2 Å². The van der Waals surface area contributed by atoms with Gasteiger partial charge in [0.05, 0.1) is 0 Å². The first kappa shape index (κ1) is 18.8.